The molecule has 0 heterocycles. The minimum Gasteiger partial charge on any atom is -0.481 e. The van der Waals surface area contributed by atoms with Crippen molar-refractivity contribution in [1.82, 2.24) is 5.32 Å². The molecule has 0 amide bonds. The number of carboxylic acids is 1. The van der Waals surface area contributed by atoms with Crippen molar-refractivity contribution in [2.24, 2.45) is 0 Å². The second-order valence-corrected chi connectivity index (χ2v) is 4.82. The van der Waals surface area contributed by atoms with Gasteiger partial charge in [0.15, 0.2) is 0 Å². The lowest BCUT2D eigenvalue weighted by molar-refractivity contribution is -0.137. The lowest BCUT2D eigenvalue weighted by Gasteiger charge is -1.99. The Bertz CT molecular complexity index is 185. The van der Waals surface area contributed by atoms with Crippen LogP contribution in [0.1, 0.15) is 64.7 Å². The minimum absolute atomic E-state index is 0.139. The zero-order valence-electron chi connectivity index (χ0n) is 12.9. The number of rotatable bonds is 13. The van der Waals surface area contributed by atoms with Crippen molar-refractivity contribution in [3.63, 3.8) is 0 Å². The fourth-order valence-corrected chi connectivity index (χ4v) is 1.69. The number of aliphatic carboxylic acids is 1. The molecular formula is C15H33NO4. The molecule has 0 fully saturated rings. The Morgan fingerprint density at radius 3 is 1.70 bits per heavy atom. The number of hydrogen-bond donors (Lipinski definition) is 4. The van der Waals surface area contributed by atoms with E-state index in [2.05, 4.69) is 12.2 Å². The molecule has 5 nitrogen and oxygen atoms in total. The van der Waals surface area contributed by atoms with Gasteiger partial charge in [0.1, 0.15) is 0 Å². The van der Waals surface area contributed by atoms with Crippen molar-refractivity contribution < 1.29 is 20.1 Å². The first-order valence-corrected chi connectivity index (χ1v) is 7.83. The third-order valence-corrected chi connectivity index (χ3v) is 2.82. The number of aliphatic hydroxyl groups excluding tert-OH is 2. The number of carbonyl (C=O) groups is 1. The van der Waals surface area contributed by atoms with Gasteiger partial charge >= 0.3 is 5.97 Å². The van der Waals surface area contributed by atoms with Gasteiger partial charge < -0.3 is 20.6 Å². The maximum Gasteiger partial charge on any atom is 0.303 e. The van der Waals surface area contributed by atoms with Crippen molar-refractivity contribution in [3.05, 3.63) is 0 Å². The van der Waals surface area contributed by atoms with Crippen LogP contribution in [0.15, 0.2) is 0 Å². The largest absolute Gasteiger partial charge is 0.481 e. The molecule has 4 N–H and O–H groups in total. The van der Waals surface area contributed by atoms with Crippen LogP contribution >= 0.6 is 0 Å². The van der Waals surface area contributed by atoms with Crippen LogP contribution in [0, 0.1) is 0 Å². The van der Waals surface area contributed by atoms with Gasteiger partial charge in [0.2, 0.25) is 0 Å². The summed E-state index contributed by atoms with van der Waals surface area (Å²) in [6, 6.07) is 0. The molecule has 0 atom stereocenters. The molecule has 0 saturated carbocycles. The van der Waals surface area contributed by atoms with E-state index in [1.807, 2.05) is 0 Å². The Balaban J connectivity index is 0. The molecule has 122 valence electrons. The van der Waals surface area contributed by atoms with Gasteiger partial charge in [0.05, 0.1) is 13.2 Å². The van der Waals surface area contributed by atoms with E-state index in [9.17, 15) is 4.79 Å². The molecule has 0 saturated heterocycles. The van der Waals surface area contributed by atoms with E-state index in [-0.39, 0.29) is 13.2 Å². The highest BCUT2D eigenvalue weighted by molar-refractivity contribution is 5.66. The van der Waals surface area contributed by atoms with Gasteiger partial charge in [-0.05, 0) is 6.42 Å². The fraction of sp³-hybridized carbons (Fsp3) is 0.933. The molecule has 5 heteroatoms. The summed E-state index contributed by atoms with van der Waals surface area (Å²) in [5.41, 5.74) is 0. The van der Waals surface area contributed by atoms with Gasteiger partial charge in [-0.3, -0.25) is 4.79 Å². The summed E-state index contributed by atoms with van der Waals surface area (Å²) in [7, 11) is 0. The van der Waals surface area contributed by atoms with E-state index in [1.165, 1.54) is 38.5 Å². The summed E-state index contributed by atoms with van der Waals surface area (Å²) in [6.07, 6.45) is 10.1. The highest BCUT2D eigenvalue weighted by Gasteiger charge is 1.95. The molecule has 0 aliphatic rings. The first-order chi connectivity index (χ1) is 9.68. The molecule has 0 aromatic carbocycles. The van der Waals surface area contributed by atoms with Crippen molar-refractivity contribution in [3.8, 4) is 0 Å². The Hall–Kier alpha value is -0.650. The Morgan fingerprint density at radius 2 is 1.30 bits per heavy atom. The summed E-state index contributed by atoms with van der Waals surface area (Å²) in [5.74, 6) is -0.661. The van der Waals surface area contributed by atoms with E-state index in [1.54, 1.807) is 0 Å². The number of nitrogens with one attached hydrogen (secondary N) is 1. The number of carboxylic acid groups (broad SMARTS) is 1. The number of unbranched alkanes of at least 4 members (excludes halogenated alkanes) is 7. The molecule has 0 unspecified atom stereocenters. The summed E-state index contributed by atoms with van der Waals surface area (Å²) in [5, 5.41) is 27.5. The van der Waals surface area contributed by atoms with Crippen LogP contribution in [0.5, 0.6) is 0 Å². The van der Waals surface area contributed by atoms with E-state index in [4.69, 9.17) is 15.3 Å². The highest BCUT2D eigenvalue weighted by atomic mass is 16.4. The number of hydrogen-bond acceptors (Lipinski definition) is 4. The molecule has 0 aliphatic heterocycles. The van der Waals surface area contributed by atoms with Crippen LogP contribution in [0.2, 0.25) is 0 Å². The quantitative estimate of drug-likeness (QED) is 0.390. The molecule has 20 heavy (non-hydrogen) atoms. The molecule has 0 spiro atoms. The fourth-order valence-electron chi connectivity index (χ4n) is 1.69. The van der Waals surface area contributed by atoms with Crippen LogP contribution in [-0.2, 0) is 4.79 Å². The molecule has 0 aliphatic carbocycles. The van der Waals surface area contributed by atoms with Crippen molar-refractivity contribution >= 4 is 5.97 Å². The Labute approximate surface area is 123 Å². The normalized spacial score (nSPS) is 9.95. The Kier molecular flexibility index (Phi) is 22.4. The predicted molar refractivity (Wildman–Crippen MR) is 81.9 cm³/mol. The average molecular weight is 291 g/mol. The maximum absolute atomic E-state index is 10.2. The predicted octanol–water partition coefficient (Wildman–Crippen LogP) is 2.16. The molecule has 0 bridgehead atoms. The summed E-state index contributed by atoms with van der Waals surface area (Å²) in [6.45, 7) is 3.63. The second-order valence-electron chi connectivity index (χ2n) is 4.82. The van der Waals surface area contributed by atoms with Crippen LogP contribution in [0.4, 0.5) is 0 Å². The standard InChI is InChI=1S/C11H22O2.C4H11NO2/c1-2-3-4-5-6-7-8-9-10-11(12)13;6-3-1-5-2-4-7/h2-10H2,1H3,(H,12,13);5-7H,1-4H2. The van der Waals surface area contributed by atoms with E-state index >= 15 is 0 Å². The molecule has 0 radical (unpaired) electrons. The smallest absolute Gasteiger partial charge is 0.303 e. The summed E-state index contributed by atoms with van der Waals surface area (Å²) >= 11 is 0. The van der Waals surface area contributed by atoms with Crippen molar-refractivity contribution in [1.29, 1.82) is 0 Å². The van der Waals surface area contributed by atoms with Gasteiger partial charge in [-0.15, -0.1) is 0 Å². The van der Waals surface area contributed by atoms with Crippen molar-refractivity contribution in [2.45, 2.75) is 64.7 Å². The molecular weight excluding hydrogens is 258 g/mol. The summed E-state index contributed by atoms with van der Waals surface area (Å²) in [4.78, 5) is 10.2. The van der Waals surface area contributed by atoms with E-state index in [0.29, 0.717) is 19.5 Å². The molecule has 0 aromatic heterocycles. The topological polar surface area (TPSA) is 89.8 Å². The van der Waals surface area contributed by atoms with Gasteiger partial charge in [0.25, 0.3) is 0 Å². The average Bonchev–Trinajstić information content (AvgIpc) is 2.43. The van der Waals surface area contributed by atoms with E-state index < -0.39 is 5.97 Å². The first-order valence-electron chi connectivity index (χ1n) is 7.83. The van der Waals surface area contributed by atoms with Crippen LogP contribution in [0.3, 0.4) is 0 Å². The van der Waals surface area contributed by atoms with Crippen LogP contribution < -0.4 is 5.32 Å². The monoisotopic (exact) mass is 291 g/mol. The highest BCUT2D eigenvalue weighted by Crippen LogP contribution is 2.09. The first kappa shape index (κ1) is 21.6. The van der Waals surface area contributed by atoms with Crippen LogP contribution in [0.25, 0.3) is 0 Å². The number of aliphatic hydroxyl groups is 2. The molecule has 0 rings (SSSR count). The van der Waals surface area contributed by atoms with Gasteiger partial charge in [-0.25, -0.2) is 0 Å². The SMILES string of the molecule is CCCCCCCCCCC(=O)O.OCCNCCO. The minimum atomic E-state index is -0.661. The van der Waals surface area contributed by atoms with Gasteiger partial charge in [-0.1, -0.05) is 51.9 Å². The third-order valence-electron chi connectivity index (χ3n) is 2.82. The second kappa shape index (κ2) is 20.7. The lowest BCUT2D eigenvalue weighted by atomic mass is 10.1. The van der Waals surface area contributed by atoms with Gasteiger partial charge in [-0.2, -0.15) is 0 Å². The third kappa shape index (κ3) is 26.0. The zero-order chi connectivity index (χ0) is 15.5. The van der Waals surface area contributed by atoms with E-state index in [0.717, 1.165) is 12.8 Å². The maximum atomic E-state index is 10.2. The lowest BCUT2D eigenvalue weighted by Crippen LogP contribution is -2.21. The van der Waals surface area contributed by atoms with Crippen molar-refractivity contribution in [2.75, 3.05) is 26.3 Å². The van der Waals surface area contributed by atoms with Gasteiger partial charge in [0, 0.05) is 19.5 Å². The van der Waals surface area contributed by atoms with Crippen LogP contribution in [-0.4, -0.2) is 47.6 Å². The Morgan fingerprint density at radius 1 is 0.850 bits per heavy atom. The summed E-state index contributed by atoms with van der Waals surface area (Å²) < 4.78 is 0. The molecule has 0 aromatic rings. The zero-order valence-corrected chi connectivity index (χ0v) is 12.9.